The highest BCUT2D eigenvalue weighted by Gasteiger charge is 2.30. The summed E-state index contributed by atoms with van der Waals surface area (Å²) in [5.41, 5.74) is 1.07. The minimum Gasteiger partial charge on any atom is -0.317 e. The van der Waals surface area contributed by atoms with E-state index < -0.39 is 0 Å². The molecule has 1 aliphatic rings. The summed E-state index contributed by atoms with van der Waals surface area (Å²) >= 11 is 1.67. The van der Waals surface area contributed by atoms with Crippen LogP contribution < -0.4 is 5.32 Å². The van der Waals surface area contributed by atoms with Crippen molar-refractivity contribution in [2.75, 3.05) is 11.9 Å². The van der Waals surface area contributed by atoms with E-state index in [1.54, 1.807) is 30.4 Å². The Morgan fingerprint density at radius 1 is 1.43 bits per heavy atom. The second kappa shape index (κ2) is 5.85. The van der Waals surface area contributed by atoms with Crippen molar-refractivity contribution >= 4 is 23.1 Å². The van der Waals surface area contributed by atoms with Crippen LogP contribution in [-0.2, 0) is 0 Å². The summed E-state index contributed by atoms with van der Waals surface area (Å²) in [6.07, 6.45) is 1.98. The van der Waals surface area contributed by atoms with Crippen LogP contribution in [0.4, 0.5) is 14.9 Å². The van der Waals surface area contributed by atoms with E-state index in [9.17, 15) is 9.18 Å². The summed E-state index contributed by atoms with van der Waals surface area (Å²) in [4.78, 5) is 15.5. The number of hydrogen-bond acceptors (Lipinski definition) is 2. The maximum atomic E-state index is 13.5. The molecular formula is C16H17FN2OS. The van der Waals surface area contributed by atoms with E-state index in [1.165, 1.54) is 10.9 Å². The average molecular weight is 304 g/mol. The van der Waals surface area contributed by atoms with E-state index in [0.717, 1.165) is 19.4 Å². The van der Waals surface area contributed by atoms with E-state index in [1.807, 2.05) is 16.3 Å². The number of hydrogen-bond donors (Lipinski definition) is 1. The number of aryl methyl sites for hydroxylation is 1. The topological polar surface area (TPSA) is 32.3 Å². The van der Waals surface area contributed by atoms with Gasteiger partial charge in [0.15, 0.2) is 0 Å². The Bertz CT molecular complexity index is 642. The molecule has 3 nitrogen and oxygen atoms in total. The number of amides is 2. The van der Waals surface area contributed by atoms with Crippen molar-refractivity contribution in [1.82, 2.24) is 4.90 Å². The van der Waals surface area contributed by atoms with E-state index >= 15 is 0 Å². The summed E-state index contributed by atoms with van der Waals surface area (Å²) in [6.45, 7) is 2.44. The predicted octanol–water partition coefficient (Wildman–Crippen LogP) is 4.56. The molecule has 1 unspecified atom stereocenters. The van der Waals surface area contributed by atoms with Crippen molar-refractivity contribution in [3.8, 4) is 0 Å². The number of benzene rings is 1. The fourth-order valence-corrected chi connectivity index (χ4v) is 3.53. The number of nitrogens with zero attached hydrogens (tertiary/aromatic N) is 1. The summed E-state index contributed by atoms with van der Waals surface area (Å²) in [5, 5.41) is 4.82. The van der Waals surface area contributed by atoms with Gasteiger partial charge in [-0.25, -0.2) is 9.18 Å². The quantitative estimate of drug-likeness (QED) is 0.866. The van der Waals surface area contributed by atoms with E-state index in [-0.39, 0.29) is 17.9 Å². The van der Waals surface area contributed by atoms with Gasteiger partial charge < -0.3 is 10.2 Å². The number of rotatable bonds is 2. The number of nitrogens with one attached hydrogen (secondary N) is 1. The Labute approximate surface area is 127 Å². The first kappa shape index (κ1) is 14.1. The van der Waals surface area contributed by atoms with Crippen LogP contribution in [0.2, 0.25) is 0 Å². The normalized spacial score (nSPS) is 18.0. The van der Waals surface area contributed by atoms with Gasteiger partial charge in [-0.15, -0.1) is 11.3 Å². The molecule has 110 valence electrons. The number of urea groups is 1. The van der Waals surface area contributed by atoms with Crippen LogP contribution in [0.15, 0.2) is 35.7 Å². The number of carbonyl (C=O) groups excluding carboxylic acids is 1. The van der Waals surface area contributed by atoms with Crippen LogP contribution in [-0.4, -0.2) is 17.5 Å². The molecule has 21 heavy (non-hydrogen) atoms. The average Bonchev–Trinajstić information content (AvgIpc) is 3.12. The van der Waals surface area contributed by atoms with E-state index in [0.29, 0.717) is 11.3 Å². The van der Waals surface area contributed by atoms with Crippen LogP contribution in [0.25, 0.3) is 0 Å². The molecule has 1 aromatic heterocycles. The number of likely N-dealkylation sites (tertiary alicyclic amines) is 1. The minimum atomic E-state index is -0.302. The fourth-order valence-electron chi connectivity index (χ4n) is 2.65. The third-order valence-electron chi connectivity index (χ3n) is 3.81. The van der Waals surface area contributed by atoms with Crippen molar-refractivity contribution in [3.05, 3.63) is 52.0 Å². The molecule has 1 N–H and O–H groups in total. The standard InChI is InChI=1S/C16H17FN2OS/c1-11-6-7-12(10-13(11)17)18-16(20)19-8-2-4-14(19)15-5-3-9-21-15/h3,5-7,9-10,14H,2,4,8H2,1H3,(H,18,20). The first-order valence-corrected chi connectivity index (χ1v) is 7.90. The van der Waals surface area contributed by atoms with Gasteiger partial charge in [0, 0.05) is 17.1 Å². The van der Waals surface area contributed by atoms with Gasteiger partial charge in [-0.05, 0) is 48.9 Å². The van der Waals surface area contributed by atoms with Crippen LogP contribution in [0, 0.1) is 12.7 Å². The Balaban J connectivity index is 1.73. The minimum absolute atomic E-state index is 0.139. The molecule has 1 aromatic carbocycles. The van der Waals surface area contributed by atoms with Gasteiger partial charge in [0.25, 0.3) is 0 Å². The number of anilines is 1. The zero-order valence-corrected chi connectivity index (χ0v) is 12.6. The van der Waals surface area contributed by atoms with Gasteiger partial charge in [0.2, 0.25) is 0 Å². The lowest BCUT2D eigenvalue weighted by Crippen LogP contribution is -2.34. The molecule has 2 amide bonds. The second-order valence-electron chi connectivity index (χ2n) is 5.26. The molecular weight excluding hydrogens is 287 g/mol. The van der Waals surface area contributed by atoms with Crippen molar-refractivity contribution in [1.29, 1.82) is 0 Å². The van der Waals surface area contributed by atoms with Crippen molar-refractivity contribution in [3.63, 3.8) is 0 Å². The number of halogens is 1. The highest BCUT2D eigenvalue weighted by molar-refractivity contribution is 7.10. The zero-order valence-electron chi connectivity index (χ0n) is 11.8. The summed E-state index contributed by atoms with van der Waals surface area (Å²) in [7, 11) is 0. The Morgan fingerprint density at radius 3 is 3.00 bits per heavy atom. The van der Waals surface area contributed by atoms with Crippen molar-refractivity contribution in [2.24, 2.45) is 0 Å². The van der Waals surface area contributed by atoms with Crippen LogP contribution in [0.5, 0.6) is 0 Å². The van der Waals surface area contributed by atoms with Gasteiger partial charge in [-0.3, -0.25) is 0 Å². The molecule has 1 saturated heterocycles. The first-order chi connectivity index (χ1) is 10.1. The third kappa shape index (κ3) is 2.93. The lowest BCUT2D eigenvalue weighted by atomic mass is 10.2. The Morgan fingerprint density at radius 2 is 2.29 bits per heavy atom. The number of thiophene rings is 1. The molecule has 0 radical (unpaired) electrons. The molecule has 2 heterocycles. The molecule has 0 spiro atoms. The summed E-state index contributed by atoms with van der Waals surface area (Å²) < 4.78 is 13.5. The van der Waals surface area contributed by atoms with E-state index in [4.69, 9.17) is 0 Å². The highest BCUT2D eigenvalue weighted by Crippen LogP contribution is 2.34. The maximum Gasteiger partial charge on any atom is 0.322 e. The van der Waals surface area contributed by atoms with Gasteiger partial charge in [0.1, 0.15) is 5.82 Å². The lowest BCUT2D eigenvalue weighted by Gasteiger charge is -2.24. The number of carbonyl (C=O) groups is 1. The van der Waals surface area contributed by atoms with Gasteiger partial charge in [-0.2, -0.15) is 0 Å². The zero-order chi connectivity index (χ0) is 14.8. The monoisotopic (exact) mass is 304 g/mol. The van der Waals surface area contributed by atoms with Gasteiger partial charge in [0.05, 0.1) is 6.04 Å². The molecule has 0 aliphatic carbocycles. The van der Waals surface area contributed by atoms with Crippen molar-refractivity contribution in [2.45, 2.75) is 25.8 Å². The highest BCUT2D eigenvalue weighted by atomic mass is 32.1. The Hall–Kier alpha value is -1.88. The summed E-state index contributed by atoms with van der Waals surface area (Å²) in [6, 6.07) is 8.81. The van der Waals surface area contributed by atoms with Gasteiger partial charge in [-0.1, -0.05) is 12.1 Å². The molecule has 2 aromatic rings. The van der Waals surface area contributed by atoms with E-state index in [2.05, 4.69) is 11.4 Å². The first-order valence-electron chi connectivity index (χ1n) is 7.02. The predicted molar refractivity (Wildman–Crippen MR) is 83.2 cm³/mol. The van der Waals surface area contributed by atoms with Crippen molar-refractivity contribution < 1.29 is 9.18 Å². The lowest BCUT2D eigenvalue weighted by molar-refractivity contribution is 0.208. The Kier molecular flexibility index (Phi) is 3.92. The van der Waals surface area contributed by atoms with Gasteiger partial charge >= 0.3 is 6.03 Å². The third-order valence-corrected chi connectivity index (χ3v) is 4.78. The largest absolute Gasteiger partial charge is 0.322 e. The molecule has 1 aliphatic heterocycles. The SMILES string of the molecule is Cc1ccc(NC(=O)N2CCCC2c2cccs2)cc1F. The molecule has 1 fully saturated rings. The molecule has 1 atom stereocenters. The molecule has 0 bridgehead atoms. The van der Waals surface area contributed by atoms with Crippen LogP contribution in [0.3, 0.4) is 0 Å². The molecule has 3 rings (SSSR count). The second-order valence-corrected chi connectivity index (χ2v) is 6.24. The summed E-state index contributed by atoms with van der Waals surface area (Å²) in [5.74, 6) is -0.302. The fraction of sp³-hybridized carbons (Fsp3) is 0.312. The maximum absolute atomic E-state index is 13.5. The molecule has 5 heteroatoms. The van der Waals surface area contributed by atoms with Crippen LogP contribution in [0.1, 0.15) is 29.3 Å². The molecule has 0 saturated carbocycles. The van der Waals surface area contributed by atoms with Crippen LogP contribution >= 0.6 is 11.3 Å². The smallest absolute Gasteiger partial charge is 0.317 e.